The Labute approximate surface area is 160 Å². The fourth-order valence-corrected chi connectivity index (χ4v) is 4.30. The number of halogens is 2. The zero-order valence-corrected chi connectivity index (χ0v) is 15.9. The minimum atomic E-state index is -0.619. The summed E-state index contributed by atoms with van der Waals surface area (Å²) in [6.07, 6.45) is 4.26. The van der Waals surface area contributed by atoms with Crippen LogP contribution in [0.25, 0.3) is 0 Å². The molecule has 0 bridgehead atoms. The van der Waals surface area contributed by atoms with Crippen molar-refractivity contribution in [3.05, 3.63) is 50.4 Å². The first-order valence-corrected chi connectivity index (χ1v) is 9.69. The summed E-state index contributed by atoms with van der Waals surface area (Å²) in [4.78, 5) is 25.8. The van der Waals surface area contributed by atoms with Crippen molar-refractivity contribution in [1.82, 2.24) is 0 Å². The number of hydrogen-bond acceptors (Lipinski definition) is 4. The van der Waals surface area contributed by atoms with Gasteiger partial charge < -0.3 is 10.1 Å². The van der Waals surface area contributed by atoms with Crippen LogP contribution in [0.4, 0.5) is 10.1 Å². The molecule has 0 unspecified atom stereocenters. The van der Waals surface area contributed by atoms with Crippen LogP contribution in [0.2, 0.25) is 5.02 Å². The lowest BCUT2D eigenvalue weighted by Gasteiger charge is -2.19. The number of anilines is 1. The highest BCUT2D eigenvalue weighted by atomic mass is 35.5. The Morgan fingerprint density at radius 3 is 2.96 bits per heavy atom. The molecule has 0 saturated carbocycles. The van der Waals surface area contributed by atoms with E-state index in [1.165, 1.54) is 33.9 Å². The number of ether oxygens (including phenoxy) is 1. The Bertz CT molecular complexity index is 836. The second-order valence-corrected chi connectivity index (χ2v) is 7.90. The number of rotatable bonds is 5. The number of benzene rings is 1. The summed E-state index contributed by atoms with van der Waals surface area (Å²) in [7, 11) is 0. The Balaban J connectivity index is 1.56. The lowest BCUT2D eigenvalue weighted by atomic mass is 9.87. The number of thiophene rings is 1. The van der Waals surface area contributed by atoms with E-state index in [0.29, 0.717) is 15.8 Å². The van der Waals surface area contributed by atoms with Crippen molar-refractivity contribution in [2.24, 2.45) is 5.92 Å². The van der Waals surface area contributed by atoms with Crippen LogP contribution >= 0.6 is 22.9 Å². The van der Waals surface area contributed by atoms with Crippen LogP contribution < -0.4 is 5.32 Å². The summed E-state index contributed by atoms with van der Waals surface area (Å²) in [5, 5.41) is 2.65. The molecule has 4 nitrogen and oxygen atoms in total. The van der Waals surface area contributed by atoms with Gasteiger partial charge >= 0.3 is 5.97 Å². The van der Waals surface area contributed by atoms with Gasteiger partial charge in [0, 0.05) is 9.90 Å². The maximum Gasteiger partial charge on any atom is 0.348 e. The molecule has 0 saturated heterocycles. The first-order valence-electron chi connectivity index (χ1n) is 8.50. The summed E-state index contributed by atoms with van der Waals surface area (Å²) < 4.78 is 18.7. The molecule has 3 rings (SSSR count). The van der Waals surface area contributed by atoms with E-state index in [2.05, 4.69) is 12.2 Å². The number of nitrogens with one attached hydrogen (secondary N) is 1. The van der Waals surface area contributed by atoms with Crippen LogP contribution in [0.1, 0.15) is 39.9 Å². The van der Waals surface area contributed by atoms with Gasteiger partial charge in [0.2, 0.25) is 0 Å². The maximum atomic E-state index is 13.6. The molecule has 1 aromatic carbocycles. The molecule has 138 valence electrons. The van der Waals surface area contributed by atoms with E-state index in [4.69, 9.17) is 16.3 Å². The first-order chi connectivity index (χ1) is 12.5. The summed E-state index contributed by atoms with van der Waals surface area (Å²) in [5.74, 6) is -1.09. The first kappa shape index (κ1) is 18.9. The highest BCUT2D eigenvalue weighted by molar-refractivity contribution is 7.14. The fraction of sp³-hybridized carbons (Fsp3) is 0.368. The Morgan fingerprint density at radius 1 is 1.38 bits per heavy atom. The van der Waals surface area contributed by atoms with Gasteiger partial charge in [0.05, 0.1) is 5.69 Å². The average Bonchev–Trinajstić information content (AvgIpc) is 3.06. The van der Waals surface area contributed by atoms with Gasteiger partial charge in [-0.25, -0.2) is 9.18 Å². The fourth-order valence-electron chi connectivity index (χ4n) is 3.03. The van der Waals surface area contributed by atoms with Crippen molar-refractivity contribution in [2.45, 2.75) is 32.6 Å². The van der Waals surface area contributed by atoms with E-state index in [1.54, 1.807) is 0 Å². The molecular formula is C19H19ClFNO3S. The minimum Gasteiger partial charge on any atom is -0.451 e. The zero-order chi connectivity index (χ0) is 18.7. The Kier molecular flexibility index (Phi) is 5.94. The standard InChI is InChI=1S/C19H19ClFNO3S/c1-2-11-3-6-16-12(7-11)8-17(26-16)19(24)25-10-18(23)22-15-9-13(20)4-5-14(15)21/h4-5,8-9,11H,2-3,6-7,10H2,1H3,(H,22,23)/t11-/m1/s1. The molecule has 0 radical (unpaired) electrons. The number of fused-ring (bicyclic) bond motifs is 1. The molecule has 1 atom stereocenters. The van der Waals surface area contributed by atoms with Crippen LogP contribution in [-0.4, -0.2) is 18.5 Å². The third kappa shape index (κ3) is 4.43. The molecule has 1 aliphatic rings. The third-order valence-electron chi connectivity index (χ3n) is 4.50. The second-order valence-electron chi connectivity index (χ2n) is 6.32. The largest absolute Gasteiger partial charge is 0.451 e. The smallest absolute Gasteiger partial charge is 0.348 e. The van der Waals surface area contributed by atoms with Gasteiger partial charge in [0.25, 0.3) is 5.91 Å². The van der Waals surface area contributed by atoms with Gasteiger partial charge in [-0.15, -0.1) is 11.3 Å². The van der Waals surface area contributed by atoms with E-state index in [1.807, 2.05) is 6.07 Å². The second kappa shape index (κ2) is 8.18. The van der Waals surface area contributed by atoms with Crippen LogP contribution in [-0.2, 0) is 22.4 Å². The highest BCUT2D eigenvalue weighted by Crippen LogP contribution is 2.33. The molecular weight excluding hydrogens is 377 g/mol. The summed E-state index contributed by atoms with van der Waals surface area (Å²) in [5.41, 5.74) is 1.17. The van der Waals surface area contributed by atoms with Gasteiger partial charge in [-0.2, -0.15) is 0 Å². The molecule has 2 aromatic rings. The molecule has 26 heavy (non-hydrogen) atoms. The van der Waals surface area contributed by atoms with Gasteiger partial charge in [0.1, 0.15) is 10.7 Å². The zero-order valence-electron chi connectivity index (χ0n) is 14.3. The van der Waals surface area contributed by atoms with Crippen molar-refractivity contribution in [3.8, 4) is 0 Å². The molecule has 1 amide bonds. The molecule has 1 heterocycles. The highest BCUT2D eigenvalue weighted by Gasteiger charge is 2.23. The topological polar surface area (TPSA) is 55.4 Å². The molecule has 7 heteroatoms. The molecule has 1 aliphatic carbocycles. The number of amides is 1. The number of carbonyl (C=O) groups excluding carboxylic acids is 2. The van der Waals surface area contributed by atoms with Crippen molar-refractivity contribution >= 4 is 40.5 Å². The summed E-state index contributed by atoms with van der Waals surface area (Å²) in [6.45, 7) is 1.70. The normalized spacial score (nSPS) is 16.0. The summed E-state index contributed by atoms with van der Waals surface area (Å²) >= 11 is 7.21. The lowest BCUT2D eigenvalue weighted by molar-refractivity contribution is -0.119. The van der Waals surface area contributed by atoms with E-state index < -0.39 is 24.3 Å². The maximum absolute atomic E-state index is 13.6. The van der Waals surface area contributed by atoms with Crippen molar-refractivity contribution in [2.75, 3.05) is 11.9 Å². The summed E-state index contributed by atoms with van der Waals surface area (Å²) in [6, 6.07) is 5.71. The van der Waals surface area contributed by atoms with Crippen LogP contribution in [0.3, 0.4) is 0 Å². The van der Waals surface area contributed by atoms with E-state index >= 15 is 0 Å². The predicted molar refractivity (Wildman–Crippen MR) is 100 cm³/mol. The lowest BCUT2D eigenvalue weighted by Crippen LogP contribution is -2.21. The number of esters is 1. The number of hydrogen-bond donors (Lipinski definition) is 1. The van der Waals surface area contributed by atoms with Crippen LogP contribution in [0.15, 0.2) is 24.3 Å². The van der Waals surface area contributed by atoms with Crippen molar-refractivity contribution < 1.29 is 18.7 Å². The number of carbonyl (C=O) groups is 2. The van der Waals surface area contributed by atoms with Crippen LogP contribution in [0.5, 0.6) is 0 Å². The van der Waals surface area contributed by atoms with Gasteiger partial charge in [-0.05, 0) is 55.0 Å². The average molecular weight is 396 g/mol. The quantitative estimate of drug-likeness (QED) is 0.736. The van der Waals surface area contributed by atoms with E-state index in [0.717, 1.165) is 31.7 Å². The van der Waals surface area contributed by atoms with Crippen molar-refractivity contribution in [3.63, 3.8) is 0 Å². The minimum absolute atomic E-state index is 0.0456. The van der Waals surface area contributed by atoms with Gasteiger partial charge in [-0.1, -0.05) is 24.9 Å². The number of aryl methyl sites for hydroxylation is 1. The van der Waals surface area contributed by atoms with E-state index in [9.17, 15) is 14.0 Å². The SMILES string of the molecule is CC[C@@H]1CCc2sc(C(=O)OCC(=O)Nc3cc(Cl)ccc3F)cc2C1. The Hall–Kier alpha value is -1.92. The van der Waals surface area contributed by atoms with Crippen molar-refractivity contribution in [1.29, 1.82) is 0 Å². The molecule has 1 aromatic heterocycles. The van der Waals surface area contributed by atoms with E-state index in [-0.39, 0.29) is 5.69 Å². The Morgan fingerprint density at radius 2 is 2.19 bits per heavy atom. The molecule has 0 fully saturated rings. The predicted octanol–water partition coefficient (Wildman–Crippen LogP) is 4.85. The molecule has 0 spiro atoms. The molecule has 0 aliphatic heterocycles. The van der Waals surface area contributed by atoms with Crippen LogP contribution in [0, 0.1) is 11.7 Å². The van der Waals surface area contributed by atoms with Gasteiger partial charge in [0.15, 0.2) is 6.61 Å². The monoisotopic (exact) mass is 395 g/mol. The van der Waals surface area contributed by atoms with Gasteiger partial charge in [-0.3, -0.25) is 4.79 Å². The third-order valence-corrected chi connectivity index (χ3v) is 5.95. The molecule has 1 N–H and O–H groups in total.